The van der Waals surface area contributed by atoms with Crippen molar-refractivity contribution in [2.24, 2.45) is 0 Å². The minimum absolute atomic E-state index is 0.00595. The fraction of sp³-hybridized carbons (Fsp3) is 0.562. The van der Waals surface area contributed by atoms with E-state index in [-0.39, 0.29) is 18.0 Å². The van der Waals surface area contributed by atoms with Gasteiger partial charge in [-0.05, 0) is 55.6 Å². The van der Waals surface area contributed by atoms with Gasteiger partial charge in [-0.15, -0.1) is 5.10 Å². The highest BCUT2D eigenvalue weighted by Gasteiger charge is 2.32. The molecule has 1 atom stereocenters. The van der Waals surface area contributed by atoms with Crippen molar-refractivity contribution >= 4 is 33.1 Å². The molecule has 1 aliphatic heterocycles. The quantitative estimate of drug-likeness (QED) is 0.772. The predicted octanol–water partition coefficient (Wildman–Crippen LogP) is 3.73. The van der Waals surface area contributed by atoms with Gasteiger partial charge in [0.25, 0.3) is 0 Å². The van der Waals surface area contributed by atoms with E-state index >= 15 is 0 Å². The molecular weight excluding hydrogens is 379 g/mol. The average molecular weight is 399 g/mol. The molecule has 1 aromatic carbocycles. The van der Waals surface area contributed by atoms with Gasteiger partial charge in [-0.2, -0.15) is 0 Å². The standard InChI is InChI=1S/C16H20BrFN4O2/c1-16(2,3)24-15(23)21-6-4-5-10(21)9-22-14-7-11(17)12(18)8-13(14)19-20-22/h7-8,10H,4-6,9H2,1-3H3. The number of hydrogen-bond acceptors (Lipinski definition) is 4. The van der Waals surface area contributed by atoms with Crippen LogP contribution in [-0.4, -0.2) is 44.2 Å². The Hall–Kier alpha value is -1.70. The molecule has 0 spiro atoms. The molecule has 1 fully saturated rings. The molecule has 3 rings (SSSR count). The Morgan fingerprint density at radius 1 is 1.46 bits per heavy atom. The fourth-order valence-corrected chi connectivity index (χ4v) is 3.22. The van der Waals surface area contributed by atoms with E-state index in [0.29, 0.717) is 23.1 Å². The number of nitrogens with zero attached hydrogens (tertiary/aromatic N) is 4. The number of aromatic nitrogens is 3. The van der Waals surface area contributed by atoms with Crippen LogP contribution in [-0.2, 0) is 11.3 Å². The summed E-state index contributed by atoms with van der Waals surface area (Å²) >= 11 is 3.19. The van der Waals surface area contributed by atoms with Crippen LogP contribution in [0.2, 0.25) is 0 Å². The van der Waals surface area contributed by atoms with E-state index in [2.05, 4.69) is 26.2 Å². The Balaban J connectivity index is 1.80. The van der Waals surface area contributed by atoms with Crippen LogP contribution >= 0.6 is 15.9 Å². The molecule has 0 N–H and O–H groups in total. The highest BCUT2D eigenvalue weighted by atomic mass is 79.9. The summed E-state index contributed by atoms with van der Waals surface area (Å²) in [5, 5.41) is 8.12. The molecule has 8 heteroatoms. The van der Waals surface area contributed by atoms with Gasteiger partial charge in [-0.3, -0.25) is 0 Å². The van der Waals surface area contributed by atoms with Crippen molar-refractivity contribution in [1.82, 2.24) is 19.9 Å². The number of benzene rings is 1. The predicted molar refractivity (Wildman–Crippen MR) is 91.1 cm³/mol. The molecule has 1 amide bonds. The number of carbonyl (C=O) groups excluding carboxylic acids is 1. The van der Waals surface area contributed by atoms with Crippen molar-refractivity contribution in [3.05, 3.63) is 22.4 Å². The van der Waals surface area contributed by atoms with Crippen molar-refractivity contribution in [2.45, 2.75) is 51.8 Å². The molecule has 1 unspecified atom stereocenters. The first-order chi connectivity index (χ1) is 11.2. The largest absolute Gasteiger partial charge is 0.444 e. The van der Waals surface area contributed by atoms with Crippen LogP contribution in [0, 0.1) is 5.82 Å². The van der Waals surface area contributed by atoms with Gasteiger partial charge in [-0.25, -0.2) is 13.9 Å². The number of ether oxygens (including phenoxy) is 1. The van der Waals surface area contributed by atoms with Crippen LogP contribution in [0.15, 0.2) is 16.6 Å². The Bertz CT molecular complexity index is 771. The van der Waals surface area contributed by atoms with E-state index < -0.39 is 5.60 Å². The van der Waals surface area contributed by atoms with Crippen LogP contribution < -0.4 is 0 Å². The zero-order valence-electron chi connectivity index (χ0n) is 13.9. The van der Waals surface area contributed by atoms with Gasteiger partial charge in [0.15, 0.2) is 0 Å². The maximum absolute atomic E-state index is 13.6. The molecule has 24 heavy (non-hydrogen) atoms. The van der Waals surface area contributed by atoms with Crippen LogP contribution in [0.1, 0.15) is 33.6 Å². The third-order valence-corrected chi connectivity index (χ3v) is 4.55. The zero-order valence-corrected chi connectivity index (χ0v) is 15.5. The van der Waals surface area contributed by atoms with E-state index in [1.165, 1.54) is 6.07 Å². The minimum Gasteiger partial charge on any atom is -0.444 e. The summed E-state index contributed by atoms with van der Waals surface area (Å²) in [6, 6.07) is 3.01. The number of amides is 1. The number of hydrogen-bond donors (Lipinski definition) is 0. The first kappa shape index (κ1) is 17.1. The molecule has 0 bridgehead atoms. The van der Waals surface area contributed by atoms with Gasteiger partial charge in [0.1, 0.15) is 16.9 Å². The number of fused-ring (bicyclic) bond motifs is 1. The van der Waals surface area contributed by atoms with Gasteiger partial charge < -0.3 is 9.64 Å². The van der Waals surface area contributed by atoms with Gasteiger partial charge in [-0.1, -0.05) is 5.21 Å². The number of rotatable bonds is 2. The van der Waals surface area contributed by atoms with Gasteiger partial charge in [0.2, 0.25) is 0 Å². The number of carbonyl (C=O) groups is 1. The molecule has 0 saturated carbocycles. The minimum atomic E-state index is -0.521. The lowest BCUT2D eigenvalue weighted by molar-refractivity contribution is 0.0212. The molecule has 0 aliphatic carbocycles. The topological polar surface area (TPSA) is 60.2 Å². The normalized spacial score (nSPS) is 18.4. The van der Waals surface area contributed by atoms with Crippen LogP contribution in [0.5, 0.6) is 0 Å². The van der Waals surface area contributed by atoms with Gasteiger partial charge >= 0.3 is 6.09 Å². The summed E-state index contributed by atoms with van der Waals surface area (Å²) in [4.78, 5) is 14.1. The Morgan fingerprint density at radius 3 is 2.92 bits per heavy atom. The average Bonchev–Trinajstić information content (AvgIpc) is 3.06. The second-order valence-electron chi connectivity index (χ2n) is 7.00. The first-order valence-corrected chi connectivity index (χ1v) is 8.72. The highest BCUT2D eigenvalue weighted by Crippen LogP contribution is 2.25. The lowest BCUT2D eigenvalue weighted by atomic mass is 10.2. The summed E-state index contributed by atoms with van der Waals surface area (Å²) in [5.41, 5.74) is 0.712. The van der Waals surface area contributed by atoms with Crippen LogP contribution in [0.3, 0.4) is 0 Å². The van der Waals surface area contributed by atoms with E-state index in [1.54, 1.807) is 15.6 Å². The molecule has 0 radical (unpaired) electrons. The second kappa shape index (κ2) is 6.31. The molecule has 1 saturated heterocycles. The maximum Gasteiger partial charge on any atom is 0.410 e. The zero-order chi connectivity index (χ0) is 17.5. The summed E-state index contributed by atoms with van der Waals surface area (Å²) in [6.07, 6.45) is 1.50. The molecule has 130 valence electrons. The second-order valence-corrected chi connectivity index (χ2v) is 7.85. The van der Waals surface area contributed by atoms with Crippen LogP contribution in [0.25, 0.3) is 11.0 Å². The third kappa shape index (κ3) is 3.53. The number of halogens is 2. The fourth-order valence-electron chi connectivity index (χ4n) is 2.88. The maximum atomic E-state index is 13.6. The van der Waals surface area contributed by atoms with E-state index in [4.69, 9.17) is 4.74 Å². The Labute approximate surface area is 148 Å². The smallest absolute Gasteiger partial charge is 0.410 e. The summed E-state index contributed by atoms with van der Waals surface area (Å²) in [6.45, 7) is 6.74. The van der Waals surface area contributed by atoms with E-state index in [9.17, 15) is 9.18 Å². The van der Waals surface area contributed by atoms with Gasteiger partial charge in [0, 0.05) is 12.6 Å². The lowest BCUT2D eigenvalue weighted by Crippen LogP contribution is -2.41. The van der Waals surface area contributed by atoms with Crippen molar-refractivity contribution in [3.8, 4) is 0 Å². The number of likely N-dealkylation sites (tertiary alicyclic amines) is 1. The molecule has 1 aliphatic rings. The van der Waals surface area contributed by atoms with Crippen molar-refractivity contribution in [2.75, 3.05) is 6.54 Å². The SMILES string of the molecule is CC(C)(C)OC(=O)N1CCCC1Cn1nnc2cc(F)c(Br)cc21. The van der Waals surface area contributed by atoms with Crippen LogP contribution in [0.4, 0.5) is 9.18 Å². The molecule has 1 aromatic heterocycles. The summed E-state index contributed by atoms with van der Waals surface area (Å²) < 4.78 is 21.2. The summed E-state index contributed by atoms with van der Waals surface area (Å²) in [7, 11) is 0. The van der Waals surface area contributed by atoms with E-state index in [1.807, 2.05) is 20.8 Å². The van der Waals surface area contributed by atoms with Crippen molar-refractivity contribution < 1.29 is 13.9 Å². The molecule has 2 aromatic rings. The molecule has 6 nitrogen and oxygen atoms in total. The molecule has 2 heterocycles. The Morgan fingerprint density at radius 2 is 2.21 bits per heavy atom. The highest BCUT2D eigenvalue weighted by molar-refractivity contribution is 9.10. The van der Waals surface area contributed by atoms with Gasteiger partial charge in [0.05, 0.1) is 22.6 Å². The van der Waals surface area contributed by atoms with E-state index in [0.717, 1.165) is 18.4 Å². The van der Waals surface area contributed by atoms with Crippen molar-refractivity contribution in [1.29, 1.82) is 0 Å². The summed E-state index contributed by atoms with van der Waals surface area (Å²) in [5.74, 6) is -0.370. The van der Waals surface area contributed by atoms with Crippen molar-refractivity contribution in [3.63, 3.8) is 0 Å². The first-order valence-electron chi connectivity index (χ1n) is 7.92. The molecular formula is C16H20BrFN4O2. The third-order valence-electron chi connectivity index (χ3n) is 3.94. The monoisotopic (exact) mass is 398 g/mol. The Kier molecular flexibility index (Phi) is 4.50. The lowest BCUT2D eigenvalue weighted by Gasteiger charge is -2.28.